The van der Waals surface area contributed by atoms with Gasteiger partial charge in [-0.05, 0) is 37.5 Å². The molecule has 5 heteroatoms. The van der Waals surface area contributed by atoms with Gasteiger partial charge in [-0.25, -0.2) is 0 Å². The number of rotatable bonds is 4. The van der Waals surface area contributed by atoms with Crippen LogP contribution in [-0.2, 0) is 6.42 Å². The highest BCUT2D eigenvalue weighted by atomic mass is 32.1. The first kappa shape index (κ1) is 13.7. The van der Waals surface area contributed by atoms with Crippen LogP contribution in [0.5, 0.6) is 0 Å². The molecule has 1 aromatic carbocycles. The highest BCUT2D eigenvalue weighted by molar-refractivity contribution is 7.12. The lowest BCUT2D eigenvalue weighted by molar-refractivity contribution is -0.384. The molecule has 1 unspecified atom stereocenters. The lowest BCUT2D eigenvalue weighted by Gasteiger charge is -2.09. The van der Waals surface area contributed by atoms with Gasteiger partial charge in [-0.2, -0.15) is 0 Å². The fraction of sp³-hybridized carbons (Fsp3) is 0.286. The van der Waals surface area contributed by atoms with E-state index in [0.717, 1.165) is 10.4 Å². The maximum absolute atomic E-state index is 10.6. The first-order chi connectivity index (χ1) is 8.97. The Morgan fingerprint density at radius 2 is 1.95 bits per heavy atom. The van der Waals surface area contributed by atoms with E-state index in [0.29, 0.717) is 6.42 Å². The topological polar surface area (TPSA) is 69.2 Å². The third-order valence-electron chi connectivity index (χ3n) is 3.15. The molecule has 0 saturated carbocycles. The van der Waals surface area contributed by atoms with Crippen molar-refractivity contribution in [1.29, 1.82) is 0 Å². The van der Waals surface area contributed by atoms with E-state index in [4.69, 9.17) is 5.73 Å². The van der Waals surface area contributed by atoms with Gasteiger partial charge in [0.05, 0.1) is 4.92 Å². The van der Waals surface area contributed by atoms with E-state index in [1.54, 1.807) is 23.5 Å². The molecule has 2 aromatic rings. The molecular formula is C14H16N2O2S. The molecule has 19 heavy (non-hydrogen) atoms. The number of nitrogens with two attached hydrogens (primary N) is 1. The molecule has 0 saturated heterocycles. The number of thiophene rings is 1. The van der Waals surface area contributed by atoms with Crippen molar-refractivity contribution in [2.75, 3.05) is 0 Å². The van der Waals surface area contributed by atoms with Gasteiger partial charge in [0.15, 0.2) is 0 Å². The van der Waals surface area contributed by atoms with Crippen LogP contribution in [0.1, 0.15) is 26.9 Å². The van der Waals surface area contributed by atoms with Crippen LogP contribution in [-0.4, -0.2) is 4.92 Å². The molecule has 1 aromatic heterocycles. The summed E-state index contributed by atoms with van der Waals surface area (Å²) in [6.07, 6.45) is 0.692. The molecule has 100 valence electrons. The Morgan fingerprint density at radius 1 is 1.32 bits per heavy atom. The van der Waals surface area contributed by atoms with E-state index in [9.17, 15) is 10.1 Å². The van der Waals surface area contributed by atoms with Crippen LogP contribution in [0, 0.1) is 24.0 Å². The van der Waals surface area contributed by atoms with E-state index in [2.05, 4.69) is 19.9 Å². The van der Waals surface area contributed by atoms with Gasteiger partial charge in [0, 0.05) is 27.9 Å². The summed E-state index contributed by atoms with van der Waals surface area (Å²) in [4.78, 5) is 12.6. The van der Waals surface area contributed by atoms with Crippen molar-refractivity contribution in [3.8, 4) is 0 Å². The smallest absolute Gasteiger partial charge is 0.269 e. The minimum atomic E-state index is -0.393. The van der Waals surface area contributed by atoms with Crippen molar-refractivity contribution in [3.63, 3.8) is 0 Å². The monoisotopic (exact) mass is 276 g/mol. The van der Waals surface area contributed by atoms with Crippen molar-refractivity contribution in [3.05, 3.63) is 61.3 Å². The Balaban J connectivity index is 2.10. The number of nitro groups is 1. The van der Waals surface area contributed by atoms with Crippen LogP contribution < -0.4 is 5.73 Å². The van der Waals surface area contributed by atoms with Gasteiger partial charge in [-0.15, -0.1) is 11.3 Å². The third kappa shape index (κ3) is 3.19. The minimum Gasteiger partial charge on any atom is -0.323 e. The molecule has 0 aliphatic carbocycles. The predicted octanol–water partition coefficient (Wildman–Crippen LogP) is 3.52. The summed E-state index contributed by atoms with van der Waals surface area (Å²) in [7, 11) is 0. The standard InChI is InChI=1S/C14H16N2O2S/c1-9-7-14(19-10(9)2)13(15)8-11-3-5-12(6-4-11)16(17)18/h3-7,13H,8,15H2,1-2H3. The Labute approximate surface area is 116 Å². The van der Waals surface area contributed by atoms with Crippen LogP contribution in [0.4, 0.5) is 5.69 Å². The van der Waals surface area contributed by atoms with Crippen molar-refractivity contribution in [2.45, 2.75) is 26.3 Å². The molecule has 2 N–H and O–H groups in total. The molecule has 0 amide bonds. The molecule has 0 fully saturated rings. The SMILES string of the molecule is Cc1cc(C(N)Cc2ccc([N+](=O)[O-])cc2)sc1C. The number of hydrogen-bond acceptors (Lipinski definition) is 4. The highest BCUT2D eigenvalue weighted by Crippen LogP contribution is 2.27. The Kier molecular flexibility index (Phi) is 3.97. The normalized spacial score (nSPS) is 12.4. The van der Waals surface area contributed by atoms with E-state index in [1.807, 2.05) is 0 Å². The van der Waals surface area contributed by atoms with Gasteiger partial charge in [0.2, 0.25) is 0 Å². The molecule has 1 heterocycles. The molecule has 0 aliphatic rings. The molecule has 1 atom stereocenters. The summed E-state index contributed by atoms with van der Waals surface area (Å²) in [6, 6.07) is 8.64. The number of non-ortho nitro benzene ring substituents is 1. The summed E-state index contributed by atoms with van der Waals surface area (Å²) in [5.41, 5.74) is 8.57. The molecule has 2 rings (SSSR count). The number of hydrogen-bond donors (Lipinski definition) is 1. The lowest BCUT2D eigenvalue weighted by atomic mass is 10.0. The van der Waals surface area contributed by atoms with Gasteiger partial charge in [-0.3, -0.25) is 10.1 Å². The minimum absolute atomic E-state index is 0.0566. The maximum Gasteiger partial charge on any atom is 0.269 e. The Hall–Kier alpha value is -1.72. The number of nitro benzene ring substituents is 1. The second-order valence-corrected chi connectivity index (χ2v) is 5.91. The fourth-order valence-corrected chi connectivity index (χ4v) is 2.94. The maximum atomic E-state index is 10.6. The third-order valence-corrected chi connectivity index (χ3v) is 4.44. The van der Waals surface area contributed by atoms with Crippen molar-refractivity contribution < 1.29 is 4.92 Å². The molecule has 0 spiro atoms. The van der Waals surface area contributed by atoms with Crippen molar-refractivity contribution in [1.82, 2.24) is 0 Å². The number of aryl methyl sites for hydroxylation is 2. The van der Waals surface area contributed by atoms with Crippen LogP contribution in [0.2, 0.25) is 0 Å². The quantitative estimate of drug-likeness (QED) is 0.686. The van der Waals surface area contributed by atoms with Gasteiger partial charge >= 0.3 is 0 Å². The molecule has 0 bridgehead atoms. The van der Waals surface area contributed by atoms with Crippen LogP contribution in [0.25, 0.3) is 0 Å². The van der Waals surface area contributed by atoms with E-state index < -0.39 is 4.92 Å². The molecule has 4 nitrogen and oxygen atoms in total. The summed E-state index contributed by atoms with van der Waals surface area (Å²) in [5.74, 6) is 0. The zero-order chi connectivity index (χ0) is 14.0. The zero-order valence-electron chi connectivity index (χ0n) is 10.9. The number of nitrogens with zero attached hydrogens (tertiary/aromatic N) is 1. The Morgan fingerprint density at radius 3 is 2.42 bits per heavy atom. The van der Waals surface area contributed by atoms with E-state index >= 15 is 0 Å². The van der Waals surface area contributed by atoms with Gasteiger partial charge < -0.3 is 5.73 Å². The van der Waals surface area contributed by atoms with Gasteiger partial charge in [0.25, 0.3) is 5.69 Å². The van der Waals surface area contributed by atoms with Crippen LogP contribution in [0.15, 0.2) is 30.3 Å². The first-order valence-electron chi connectivity index (χ1n) is 6.03. The van der Waals surface area contributed by atoms with Crippen LogP contribution in [0.3, 0.4) is 0 Å². The second kappa shape index (κ2) is 5.50. The average Bonchev–Trinajstić information content (AvgIpc) is 2.70. The van der Waals surface area contributed by atoms with Crippen molar-refractivity contribution >= 4 is 17.0 Å². The molecule has 0 radical (unpaired) electrons. The predicted molar refractivity (Wildman–Crippen MR) is 77.5 cm³/mol. The molecule has 0 aliphatic heterocycles. The summed E-state index contributed by atoms with van der Waals surface area (Å²) >= 11 is 1.72. The van der Waals surface area contributed by atoms with Gasteiger partial charge in [-0.1, -0.05) is 12.1 Å². The summed E-state index contributed by atoms with van der Waals surface area (Å²) in [6.45, 7) is 4.16. The lowest BCUT2D eigenvalue weighted by Crippen LogP contribution is -2.11. The summed E-state index contributed by atoms with van der Waals surface area (Å²) in [5, 5.41) is 10.6. The fourth-order valence-electron chi connectivity index (χ4n) is 1.89. The van der Waals surface area contributed by atoms with Gasteiger partial charge in [0.1, 0.15) is 0 Å². The Bertz CT molecular complexity index is 570. The van der Waals surface area contributed by atoms with Crippen LogP contribution >= 0.6 is 11.3 Å². The first-order valence-corrected chi connectivity index (χ1v) is 6.85. The van der Waals surface area contributed by atoms with E-state index in [-0.39, 0.29) is 11.7 Å². The van der Waals surface area contributed by atoms with Crippen molar-refractivity contribution in [2.24, 2.45) is 5.73 Å². The summed E-state index contributed by atoms with van der Waals surface area (Å²) < 4.78 is 0. The molecular weight excluding hydrogens is 260 g/mol. The largest absolute Gasteiger partial charge is 0.323 e. The second-order valence-electron chi connectivity index (χ2n) is 4.62. The van der Waals surface area contributed by atoms with E-state index in [1.165, 1.54) is 22.6 Å². The average molecular weight is 276 g/mol. The highest BCUT2D eigenvalue weighted by Gasteiger charge is 2.12. The number of benzene rings is 1. The zero-order valence-corrected chi connectivity index (χ0v) is 11.7.